The van der Waals surface area contributed by atoms with Crippen molar-refractivity contribution in [2.75, 3.05) is 5.32 Å². The number of oxazole rings is 1. The number of nitrogens with zero attached hydrogens (tertiary/aromatic N) is 2. The SMILES string of the molecule is ClC1=CCC(c2cnc(Nc3ccc4n[nH]c(Br)c4c3)o2)C=C1. The second kappa shape index (κ2) is 5.86. The lowest BCUT2D eigenvalue weighted by Crippen LogP contribution is -1.95. The summed E-state index contributed by atoms with van der Waals surface area (Å²) >= 11 is 9.38. The topological polar surface area (TPSA) is 66.7 Å². The minimum atomic E-state index is 0.172. The zero-order valence-corrected chi connectivity index (χ0v) is 14.2. The fourth-order valence-electron chi connectivity index (χ4n) is 2.50. The number of aromatic nitrogens is 3. The molecule has 3 aromatic rings. The van der Waals surface area contributed by atoms with E-state index < -0.39 is 0 Å². The van der Waals surface area contributed by atoms with E-state index >= 15 is 0 Å². The average Bonchev–Trinajstić information content (AvgIpc) is 3.16. The molecule has 1 aliphatic carbocycles. The molecule has 116 valence electrons. The molecule has 7 heteroatoms. The van der Waals surface area contributed by atoms with E-state index in [1.807, 2.05) is 36.4 Å². The van der Waals surface area contributed by atoms with Gasteiger partial charge in [-0.15, -0.1) is 0 Å². The molecule has 2 N–H and O–H groups in total. The minimum absolute atomic E-state index is 0.172. The zero-order chi connectivity index (χ0) is 15.8. The number of aromatic amines is 1. The van der Waals surface area contributed by atoms with E-state index in [0.717, 1.165) is 38.4 Å². The first-order valence-electron chi connectivity index (χ1n) is 7.09. The molecule has 5 nitrogen and oxygen atoms in total. The summed E-state index contributed by atoms with van der Waals surface area (Å²) in [6.45, 7) is 0. The smallest absolute Gasteiger partial charge is 0.299 e. The van der Waals surface area contributed by atoms with Gasteiger partial charge < -0.3 is 9.73 Å². The van der Waals surface area contributed by atoms with Gasteiger partial charge >= 0.3 is 0 Å². The van der Waals surface area contributed by atoms with Gasteiger partial charge in [-0.2, -0.15) is 5.10 Å². The molecule has 1 aromatic carbocycles. The Bertz CT molecular complexity index is 927. The quantitative estimate of drug-likeness (QED) is 0.642. The lowest BCUT2D eigenvalue weighted by Gasteiger charge is -2.10. The maximum atomic E-state index is 5.94. The fourth-order valence-corrected chi connectivity index (χ4v) is 3.07. The van der Waals surface area contributed by atoms with E-state index in [1.165, 1.54) is 0 Å². The second-order valence-corrected chi connectivity index (χ2v) is 6.48. The van der Waals surface area contributed by atoms with Gasteiger partial charge in [-0.3, -0.25) is 5.10 Å². The fraction of sp³-hybridized carbons (Fsp3) is 0.125. The highest BCUT2D eigenvalue weighted by Gasteiger charge is 2.16. The summed E-state index contributed by atoms with van der Waals surface area (Å²) in [7, 11) is 0. The van der Waals surface area contributed by atoms with Gasteiger partial charge in [0.2, 0.25) is 0 Å². The summed E-state index contributed by atoms with van der Waals surface area (Å²) in [6, 6.07) is 6.31. The van der Waals surface area contributed by atoms with Crippen molar-refractivity contribution in [3.63, 3.8) is 0 Å². The van der Waals surface area contributed by atoms with Crippen molar-refractivity contribution in [1.29, 1.82) is 0 Å². The van der Waals surface area contributed by atoms with Crippen LogP contribution in [0, 0.1) is 0 Å². The molecule has 0 radical (unpaired) electrons. The van der Waals surface area contributed by atoms with E-state index in [2.05, 4.69) is 36.4 Å². The lowest BCUT2D eigenvalue weighted by atomic mass is 9.99. The maximum absolute atomic E-state index is 5.94. The number of hydrogen-bond acceptors (Lipinski definition) is 4. The maximum Gasteiger partial charge on any atom is 0.299 e. The first kappa shape index (κ1) is 14.5. The van der Waals surface area contributed by atoms with Gasteiger partial charge in [-0.05, 0) is 46.6 Å². The minimum Gasteiger partial charge on any atom is -0.428 e. The standard InChI is InChI=1S/C16H12BrClN4O/c17-15-12-7-11(5-6-13(12)21-22-15)20-16-19-8-14(23-16)9-1-3-10(18)4-2-9/h1,3-9H,2H2,(H,19,20)(H,21,22). The van der Waals surface area contributed by atoms with Gasteiger partial charge in [0, 0.05) is 22.0 Å². The molecule has 4 rings (SSSR count). The Morgan fingerprint density at radius 3 is 3.13 bits per heavy atom. The number of allylic oxidation sites excluding steroid dienone is 4. The summed E-state index contributed by atoms with van der Waals surface area (Å²) in [6.07, 6.45) is 8.46. The number of hydrogen-bond donors (Lipinski definition) is 2. The summed E-state index contributed by atoms with van der Waals surface area (Å²) < 4.78 is 6.65. The average molecular weight is 392 g/mol. The van der Waals surface area contributed by atoms with Crippen LogP contribution in [0.25, 0.3) is 10.9 Å². The Balaban J connectivity index is 1.54. The Morgan fingerprint density at radius 1 is 1.39 bits per heavy atom. The number of H-pyrrole nitrogens is 1. The molecular weight excluding hydrogens is 380 g/mol. The van der Waals surface area contributed by atoms with Gasteiger partial charge in [0.1, 0.15) is 10.4 Å². The van der Waals surface area contributed by atoms with Crippen LogP contribution in [0.3, 0.4) is 0 Å². The van der Waals surface area contributed by atoms with Crippen LogP contribution in [0.4, 0.5) is 11.7 Å². The van der Waals surface area contributed by atoms with Crippen molar-refractivity contribution in [3.05, 3.63) is 58.0 Å². The normalized spacial score (nSPS) is 17.5. The van der Waals surface area contributed by atoms with Gasteiger partial charge in [0.25, 0.3) is 6.01 Å². The first-order valence-corrected chi connectivity index (χ1v) is 8.26. The molecular formula is C16H12BrClN4O. The van der Waals surface area contributed by atoms with Crippen LogP contribution in [0.2, 0.25) is 0 Å². The molecule has 23 heavy (non-hydrogen) atoms. The van der Waals surface area contributed by atoms with Crippen molar-refractivity contribution < 1.29 is 4.42 Å². The highest BCUT2D eigenvalue weighted by Crippen LogP contribution is 2.31. The van der Waals surface area contributed by atoms with Crippen LogP contribution >= 0.6 is 27.5 Å². The first-order chi connectivity index (χ1) is 11.2. The van der Waals surface area contributed by atoms with Gasteiger partial charge in [-0.1, -0.05) is 23.8 Å². The lowest BCUT2D eigenvalue weighted by molar-refractivity contribution is 0.500. The number of rotatable bonds is 3. The summed E-state index contributed by atoms with van der Waals surface area (Å²) in [5.41, 5.74) is 1.78. The molecule has 0 bridgehead atoms. The van der Waals surface area contributed by atoms with Crippen LogP contribution in [0.15, 0.2) is 56.7 Å². The predicted octanol–water partition coefficient (Wildman–Crippen LogP) is 5.22. The highest BCUT2D eigenvalue weighted by atomic mass is 79.9. The van der Waals surface area contributed by atoms with E-state index in [9.17, 15) is 0 Å². The molecule has 0 fully saturated rings. The zero-order valence-electron chi connectivity index (χ0n) is 11.9. The van der Waals surface area contributed by atoms with E-state index in [-0.39, 0.29) is 5.92 Å². The van der Waals surface area contributed by atoms with Crippen molar-refractivity contribution in [1.82, 2.24) is 15.2 Å². The van der Waals surface area contributed by atoms with Crippen molar-refractivity contribution in [2.45, 2.75) is 12.3 Å². The third kappa shape index (κ3) is 2.92. The predicted molar refractivity (Wildman–Crippen MR) is 94.0 cm³/mol. The summed E-state index contributed by atoms with van der Waals surface area (Å²) in [4.78, 5) is 4.30. The van der Waals surface area contributed by atoms with E-state index in [1.54, 1.807) is 6.20 Å². The molecule has 0 saturated heterocycles. The number of fused-ring (bicyclic) bond motifs is 1. The summed E-state index contributed by atoms with van der Waals surface area (Å²) in [5, 5.41) is 12.0. The molecule has 0 spiro atoms. The Kier molecular flexibility index (Phi) is 3.71. The van der Waals surface area contributed by atoms with Crippen LogP contribution in [-0.2, 0) is 0 Å². The Morgan fingerprint density at radius 2 is 2.30 bits per heavy atom. The molecule has 0 amide bonds. The number of benzene rings is 1. The molecule has 2 aromatic heterocycles. The third-order valence-electron chi connectivity index (χ3n) is 3.70. The highest BCUT2D eigenvalue weighted by molar-refractivity contribution is 9.10. The molecule has 2 heterocycles. The molecule has 1 atom stereocenters. The van der Waals surface area contributed by atoms with Crippen molar-refractivity contribution >= 4 is 50.1 Å². The molecule has 0 aliphatic heterocycles. The van der Waals surface area contributed by atoms with Crippen LogP contribution in [0.5, 0.6) is 0 Å². The largest absolute Gasteiger partial charge is 0.428 e. The monoisotopic (exact) mass is 390 g/mol. The van der Waals surface area contributed by atoms with Gasteiger partial charge in [0.15, 0.2) is 0 Å². The molecule has 1 unspecified atom stereocenters. The van der Waals surface area contributed by atoms with Crippen LogP contribution in [0.1, 0.15) is 18.1 Å². The number of nitrogens with one attached hydrogen (secondary N) is 2. The van der Waals surface area contributed by atoms with E-state index in [0.29, 0.717) is 6.01 Å². The second-order valence-electron chi connectivity index (χ2n) is 5.25. The van der Waals surface area contributed by atoms with E-state index in [4.69, 9.17) is 16.0 Å². The van der Waals surface area contributed by atoms with Gasteiger partial charge in [0.05, 0.1) is 11.7 Å². The van der Waals surface area contributed by atoms with Crippen LogP contribution in [-0.4, -0.2) is 15.2 Å². The molecule has 1 aliphatic rings. The molecule has 0 saturated carbocycles. The van der Waals surface area contributed by atoms with Crippen molar-refractivity contribution in [2.24, 2.45) is 0 Å². The third-order valence-corrected chi connectivity index (χ3v) is 4.59. The number of anilines is 2. The number of halogens is 2. The van der Waals surface area contributed by atoms with Gasteiger partial charge in [-0.25, -0.2) is 4.98 Å². The Hall–Kier alpha value is -2.05. The Labute approximate surface area is 145 Å². The summed E-state index contributed by atoms with van der Waals surface area (Å²) in [5.74, 6) is 0.987. The van der Waals surface area contributed by atoms with Crippen molar-refractivity contribution in [3.8, 4) is 0 Å². The van der Waals surface area contributed by atoms with Crippen LogP contribution < -0.4 is 5.32 Å².